The average molecular weight is 636 g/mol. The lowest BCUT2D eigenvalue weighted by molar-refractivity contribution is -0.134. The number of likely N-dealkylation sites (tertiary alicyclic amines) is 1. The number of nitrogens with one attached hydrogen (secondary N) is 1. The van der Waals surface area contributed by atoms with Gasteiger partial charge in [0.2, 0.25) is 5.91 Å². The summed E-state index contributed by atoms with van der Waals surface area (Å²) >= 11 is 0. The van der Waals surface area contributed by atoms with Crippen molar-refractivity contribution in [2.75, 3.05) is 43.4 Å². The van der Waals surface area contributed by atoms with E-state index in [9.17, 15) is 9.59 Å². The summed E-state index contributed by atoms with van der Waals surface area (Å²) in [6.07, 6.45) is 3.05. The molecule has 0 radical (unpaired) electrons. The number of anilines is 3. The van der Waals surface area contributed by atoms with Gasteiger partial charge in [-0.1, -0.05) is 18.2 Å². The Kier molecular flexibility index (Phi) is 11.2. The van der Waals surface area contributed by atoms with Gasteiger partial charge < -0.3 is 31.9 Å². The summed E-state index contributed by atoms with van der Waals surface area (Å²) in [5, 5.41) is 24.7. The fourth-order valence-electron chi connectivity index (χ4n) is 5.36. The smallest absolute Gasteiger partial charge is 0.323 e. The van der Waals surface area contributed by atoms with Crippen LogP contribution >= 0.6 is 0 Å². The summed E-state index contributed by atoms with van der Waals surface area (Å²) in [6.45, 7) is 5.08. The van der Waals surface area contributed by atoms with Crippen molar-refractivity contribution in [3.8, 4) is 11.3 Å². The summed E-state index contributed by atoms with van der Waals surface area (Å²) in [4.78, 5) is 45.5. The summed E-state index contributed by atoms with van der Waals surface area (Å²) in [5.74, 6) is -1.22. The predicted molar refractivity (Wildman–Crippen MR) is 171 cm³/mol. The van der Waals surface area contributed by atoms with Crippen LogP contribution in [0.1, 0.15) is 37.8 Å². The van der Waals surface area contributed by atoms with Crippen LogP contribution in [0.4, 0.5) is 26.4 Å². The molecule has 1 fully saturated rings. The van der Waals surface area contributed by atoms with Gasteiger partial charge in [-0.2, -0.15) is 5.10 Å². The molecule has 5 rings (SSSR count). The number of aliphatic hydroxyl groups is 1. The first-order chi connectivity index (χ1) is 22.0. The summed E-state index contributed by atoms with van der Waals surface area (Å²) in [7, 11) is 0. The lowest BCUT2D eigenvalue weighted by Gasteiger charge is -2.32. The third-order valence-corrected chi connectivity index (χ3v) is 7.43. The minimum absolute atomic E-state index is 0.00779. The van der Waals surface area contributed by atoms with Crippen molar-refractivity contribution in [3.63, 3.8) is 0 Å². The van der Waals surface area contributed by atoms with Gasteiger partial charge in [0.15, 0.2) is 5.65 Å². The monoisotopic (exact) mass is 635 g/mol. The molecule has 2 aromatic carbocycles. The lowest BCUT2D eigenvalue weighted by Crippen LogP contribution is -2.40. The van der Waals surface area contributed by atoms with E-state index in [0.29, 0.717) is 73.4 Å². The fraction of sp³-hybridized carbons (Fsp3) is 0.355. The second-order valence-corrected chi connectivity index (χ2v) is 10.8. The van der Waals surface area contributed by atoms with Gasteiger partial charge in [0, 0.05) is 45.1 Å². The number of carboxylic acids is 1. The van der Waals surface area contributed by atoms with Crippen molar-refractivity contribution in [2.45, 2.75) is 39.2 Å². The second-order valence-electron chi connectivity index (χ2n) is 10.8. The zero-order chi connectivity index (χ0) is 33.4. The Bertz CT molecular complexity index is 1700. The molecule has 1 aliphatic rings. The van der Waals surface area contributed by atoms with Crippen LogP contribution in [0.15, 0.2) is 48.8 Å². The molecule has 7 N–H and O–H groups in total. The van der Waals surface area contributed by atoms with Crippen LogP contribution in [0.2, 0.25) is 0 Å². The van der Waals surface area contributed by atoms with Gasteiger partial charge in [0.1, 0.15) is 23.7 Å². The topological polar surface area (TPSA) is 206 Å². The van der Waals surface area contributed by atoms with Crippen LogP contribution in [0.3, 0.4) is 0 Å². The molecule has 3 amide bonds. The zero-order valence-corrected chi connectivity index (χ0v) is 25.7. The molecule has 0 bridgehead atoms. The number of aliphatic hydroxyl groups excluding tert-OH is 1. The molecule has 0 unspecified atom stereocenters. The number of primary amides is 1. The molecule has 15 heteroatoms. The highest BCUT2D eigenvalue weighted by molar-refractivity contribution is 6.00. The number of benzene rings is 2. The zero-order valence-electron chi connectivity index (χ0n) is 25.7. The number of piperidine rings is 1. The third kappa shape index (κ3) is 7.92. The van der Waals surface area contributed by atoms with Gasteiger partial charge in [-0.25, -0.2) is 23.8 Å². The standard InChI is InChI=1S/C29H34FN9O3.C2H4O2/c1-18-3-2-4-21(15-18)38(29(32)42)23-6-5-19(16-22(23)30)26-25-27(31)34-17-35-28(25)39(36-26)20-8-12-37(13-9-20)24(41)7-10-33-11-14-40;1-2(3)4/h2-6,15-17,20,33,40H,7-14H2,1H3,(H2,32,42)(H2,31,34,35);1H3,(H,3,4). The number of hydrogen-bond acceptors (Lipinski definition) is 9. The molecule has 1 saturated heterocycles. The molecule has 46 heavy (non-hydrogen) atoms. The molecule has 14 nitrogen and oxygen atoms in total. The Morgan fingerprint density at radius 1 is 1.11 bits per heavy atom. The number of nitrogen functional groups attached to an aromatic ring is 1. The molecule has 0 atom stereocenters. The Balaban J connectivity index is 0.00000113. The highest BCUT2D eigenvalue weighted by Crippen LogP contribution is 2.37. The van der Waals surface area contributed by atoms with E-state index in [2.05, 4.69) is 15.3 Å². The first kappa shape index (κ1) is 33.7. The molecule has 3 heterocycles. The number of carboxylic acid groups (broad SMARTS) is 1. The SMILES string of the molecule is CC(=O)O.Cc1cccc(N(C(N)=O)c2ccc(-c3nn(C4CCN(C(=O)CCNCCO)CC4)c4ncnc(N)c34)cc2F)c1. The number of aliphatic carboxylic acids is 1. The van der Waals surface area contributed by atoms with E-state index in [1.807, 2.05) is 17.9 Å². The summed E-state index contributed by atoms with van der Waals surface area (Å²) in [5.41, 5.74) is 14.7. The number of hydrogen-bond donors (Lipinski definition) is 5. The van der Waals surface area contributed by atoms with Crippen LogP contribution < -0.4 is 21.7 Å². The maximum absolute atomic E-state index is 15.6. The van der Waals surface area contributed by atoms with E-state index >= 15 is 4.39 Å². The highest BCUT2D eigenvalue weighted by Gasteiger charge is 2.28. The Morgan fingerprint density at radius 3 is 2.46 bits per heavy atom. The van der Waals surface area contributed by atoms with E-state index < -0.39 is 17.8 Å². The second kappa shape index (κ2) is 15.2. The van der Waals surface area contributed by atoms with E-state index in [-0.39, 0.29) is 30.1 Å². The van der Waals surface area contributed by atoms with Crippen molar-refractivity contribution in [2.24, 2.45) is 5.73 Å². The van der Waals surface area contributed by atoms with Crippen LogP contribution in [0.5, 0.6) is 0 Å². The first-order valence-electron chi connectivity index (χ1n) is 14.8. The number of fused-ring (bicyclic) bond motifs is 1. The van der Waals surface area contributed by atoms with E-state index in [1.54, 1.807) is 28.9 Å². The van der Waals surface area contributed by atoms with Gasteiger partial charge in [-0.15, -0.1) is 0 Å². The van der Waals surface area contributed by atoms with Crippen LogP contribution in [0.25, 0.3) is 22.3 Å². The quantitative estimate of drug-likeness (QED) is 0.170. The van der Waals surface area contributed by atoms with Crippen LogP contribution in [-0.4, -0.2) is 85.6 Å². The molecular formula is C31H38FN9O5. The van der Waals surface area contributed by atoms with Crippen molar-refractivity contribution >= 4 is 46.1 Å². The minimum atomic E-state index is -0.833. The average Bonchev–Trinajstić information content (AvgIpc) is 3.41. The van der Waals surface area contributed by atoms with Gasteiger partial charge in [-0.3, -0.25) is 14.5 Å². The molecule has 0 spiro atoms. The van der Waals surface area contributed by atoms with Crippen LogP contribution in [-0.2, 0) is 9.59 Å². The van der Waals surface area contributed by atoms with Gasteiger partial charge >= 0.3 is 6.03 Å². The minimum Gasteiger partial charge on any atom is -0.481 e. The Morgan fingerprint density at radius 2 is 1.83 bits per heavy atom. The van der Waals surface area contributed by atoms with Crippen molar-refractivity contribution < 1.29 is 29.0 Å². The Labute approximate surface area is 264 Å². The molecule has 4 aromatic rings. The van der Waals surface area contributed by atoms with Crippen LogP contribution in [0, 0.1) is 12.7 Å². The highest BCUT2D eigenvalue weighted by atomic mass is 19.1. The maximum Gasteiger partial charge on any atom is 0.323 e. The maximum atomic E-state index is 15.6. The Hall–Kier alpha value is -5.15. The molecular weight excluding hydrogens is 597 g/mol. The summed E-state index contributed by atoms with van der Waals surface area (Å²) < 4.78 is 17.4. The lowest BCUT2D eigenvalue weighted by atomic mass is 10.0. The number of aryl methyl sites for hydroxylation is 1. The van der Waals surface area contributed by atoms with E-state index in [0.717, 1.165) is 17.4 Å². The number of carbonyl (C=O) groups excluding carboxylic acids is 2. The molecule has 0 aliphatic carbocycles. The molecule has 0 saturated carbocycles. The number of aromatic nitrogens is 4. The molecule has 244 valence electrons. The number of nitrogens with zero attached hydrogens (tertiary/aromatic N) is 6. The number of rotatable bonds is 9. The number of urea groups is 1. The molecule has 2 aromatic heterocycles. The number of carbonyl (C=O) groups is 3. The van der Waals surface area contributed by atoms with E-state index in [4.69, 9.17) is 31.6 Å². The molecule has 1 aliphatic heterocycles. The first-order valence-corrected chi connectivity index (χ1v) is 14.8. The van der Waals surface area contributed by atoms with Gasteiger partial charge in [0.25, 0.3) is 5.97 Å². The van der Waals surface area contributed by atoms with Crippen molar-refractivity contribution in [3.05, 3.63) is 60.2 Å². The largest absolute Gasteiger partial charge is 0.481 e. The van der Waals surface area contributed by atoms with Crippen molar-refractivity contribution in [1.82, 2.24) is 30.0 Å². The van der Waals surface area contributed by atoms with Gasteiger partial charge in [-0.05, 0) is 49.6 Å². The van der Waals surface area contributed by atoms with Crippen molar-refractivity contribution in [1.29, 1.82) is 0 Å². The third-order valence-electron chi connectivity index (χ3n) is 7.43. The summed E-state index contributed by atoms with van der Waals surface area (Å²) in [6, 6.07) is 10.7. The number of nitrogens with two attached hydrogens (primary N) is 2. The van der Waals surface area contributed by atoms with Gasteiger partial charge in [0.05, 0.1) is 29.4 Å². The predicted octanol–water partition coefficient (Wildman–Crippen LogP) is 2.97. The fourth-order valence-corrected chi connectivity index (χ4v) is 5.36. The number of amides is 3. The normalized spacial score (nSPS) is 13.3. The number of halogens is 1. The van der Waals surface area contributed by atoms with E-state index in [1.165, 1.54) is 18.5 Å².